The number of hydrogen-bond acceptors (Lipinski definition) is 6. The maximum atomic E-state index is 13.7. The summed E-state index contributed by atoms with van der Waals surface area (Å²) in [6.07, 6.45) is 10.4. The molecule has 3 aliphatic heterocycles. The SMILES string of the molecule is CCOC(=O)[C@@H]1CCCN(C(=O)C2CCN(c3cccc4c3C(=O)N(C3CCCCCCC3)C4=O)CC2)C1. The molecule has 206 valence electrons. The molecule has 4 aliphatic rings. The van der Waals surface area contributed by atoms with Crippen molar-refractivity contribution in [3.05, 3.63) is 29.3 Å². The van der Waals surface area contributed by atoms with E-state index in [1.54, 1.807) is 17.9 Å². The van der Waals surface area contributed by atoms with Crippen LogP contribution in [0.5, 0.6) is 0 Å². The minimum Gasteiger partial charge on any atom is -0.466 e. The average molecular weight is 524 g/mol. The number of piperidine rings is 2. The Morgan fingerprint density at radius 2 is 1.55 bits per heavy atom. The van der Waals surface area contributed by atoms with Gasteiger partial charge in [0, 0.05) is 38.1 Å². The zero-order valence-corrected chi connectivity index (χ0v) is 22.7. The lowest BCUT2D eigenvalue weighted by molar-refractivity contribution is -0.152. The summed E-state index contributed by atoms with van der Waals surface area (Å²) in [6.45, 7) is 4.61. The third-order valence-corrected chi connectivity index (χ3v) is 8.90. The van der Waals surface area contributed by atoms with Crippen LogP contribution in [0, 0.1) is 11.8 Å². The fraction of sp³-hybridized carbons (Fsp3) is 0.667. The molecular weight excluding hydrogens is 482 g/mol. The van der Waals surface area contributed by atoms with E-state index in [9.17, 15) is 19.2 Å². The normalized spacial score (nSPS) is 23.7. The van der Waals surface area contributed by atoms with Gasteiger partial charge in [-0.2, -0.15) is 0 Å². The first-order valence-electron chi connectivity index (χ1n) is 14.7. The van der Waals surface area contributed by atoms with Crippen molar-refractivity contribution in [2.75, 3.05) is 37.7 Å². The number of hydrogen-bond donors (Lipinski definition) is 0. The zero-order valence-electron chi connectivity index (χ0n) is 22.7. The van der Waals surface area contributed by atoms with Gasteiger partial charge in [0.1, 0.15) is 0 Å². The first kappa shape index (κ1) is 26.7. The molecule has 2 saturated heterocycles. The Hall–Kier alpha value is -2.90. The molecule has 0 radical (unpaired) electrons. The number of ether oxygens (including phenoxy) is 1. The Labute approximate surface area is 225 Å². The molecule has 3 fully saturated rings. The van der Waals surface area contributed by atoms with Gasteiger partial charge in [0.05, 0.1) is 29.3 Å². The first-order valence-corrected chi connectivity index (χ1v) is 14.7. The lowest BCUT2D eigenvalue weighted by Gasteiger charge is -2.38. The highest BCUT2D eigenvalue weighted by atomic mass is 16.5. The van der Waals surface area contributed by atoms with Gasteiger partial charge in [-0.3, -0.25) is 24.1 Å². The Morgan fingerprint density at radius 1 is 0.842 bits per heavy atom. The number of rotatable bonds is 5. The Morgan fingerprint density at radius 3 is 2.26 bits per heavy atom. The number of nitrogens with zero attached hydrogens (tertiary/aromatic N) is 3. The van der Waals surface area contributed by atoms with Crippen molar-refractivity contribution in [2.45, 2.75) is 83.6 Å². The fourth-order valence-electron chi connectivity index (χ4n) is 6.83. The molecular formula is C30H41N3O5. The van der Waals surface area contributed by atoms with Crippen LogP contribution in [0.15, 0.2) is 18.2 Å². The van der Waals surface area contributed by atoms with Crippen LogP contribution in [-0.2, 0) is 14.3 Å². The third-order valence-electron chi connectivity index (χ3n) is 8.90. The molecule has 0 spiro atoms. The van der Waals surface area contributed by atoms with Crippen molar-refractivity contribution in [3.63, 3.8) is 0 Å². The van der Waals surface area contributed by atoms with E-state index in [4.69, 9.17) is 4.74 Å². The predicted octanol–water partition coefficient (Wildman–Crippen LogP) is 4.41. The van der Waals surface area contributed by atoms with Crippen LogP contribution in [-0.4, -0.2) is 72.3 Å². The van der Waals surface area contributed by atoms with E-state index in [0.29, 0.717) is 56.8 Å². The molecule has 38 heavy (non-hydrogen) atoms. The fourth-order valence-corrected chi connectivity index (χ4v) is 6.83. The van der Waals surface area contributed by atoms with Gasteiger partial charge in [-0.15, -0.1) is 0 Å². The Balaban J connectivity index is 1.24. The van der Waals surface area contributed by atoms with Crippen molar-refractivity contribution in [3.8, 4) is 0 Å². The second-order valence-electron chi connectivity index (χ2n) is 11.3. The quantitative estimate of drug-likeness (QED) is 0.420. The number of esters is 1. The van der Waals surface area contributed by atoms with Gasteiger partial charge in [0.15, 0.2) is 0 Å². The molecule has 1 aromatic carbocycles. The minimum atomic E-state index is -0.232. The second-order valence-corrected chi connectivity index (χ2v) is 11.3. The van der Waals surface area contributed by atoms with Crippen LogP contribution < -0.4 is 4.90 Å². The van der Waals surface area contributed by atoms with Gasteiger partial charge in [0.25, 0.3) is 11.8 Å². The molecule has 1 atom stereocenters. The number of carbonyl (C=O) groups is 4. The second kappa shape index (κ2) is 11.9. The van der Waals surface area contributed by atoms with E-state index in [2.05, 4.69) is 4.90 Å². The summed E-state index contributed by atoms with van der Waals surface area (Å²) < 4.78 is 5.19. The third kappa shape index (κ3) is 5.32. The van der Waals surface area contributed by atoms with Crippen LogP contribution in [0.1, 0.15) is 98.3 Å². The largest absolute Gasteiger partial charge is 0.466 e. The number of imide groups is 1. The van der Waals surface area contributed by atoms with Crippen LogP contribution in [0.4, 0.5) is 5.69 Å². The minimum absolute atomic E-state index is 0.0121. The maximum Gasteiger partial charge on any atom is 0.310 e. The molecule has 5 rings (SSSR count). The van der Waals surface area contributed by atoms with Crippen molar-refractivity contribution in [1.82, 2.24) is 9.80 Å². The molecule has 3 heterocycles. The van der Waals surface area contributed by atoms with E-state index in [0.717, 1.165) is 44.2 Å². The van der Waals surface area contributed by atoms with Gasteiger partial charge >= 0.3 is 5.97 Å². The van der Waals surface area contributed by atoms with E-state index >= 15 is 0 Å². The van der Waals surface area contributed by atoms with Crippen molar-refractivity contribution < 1.29 is 23.9 Å². The Kier molecular flexibility index (Phi) is 8.34. The van der Waals surface area contributed by atoms with E-state index in [1.165, 1.54) is 19.3 Å². The van der Waals surface area contributed by atoms with Crippen LogP contribution in [0.25, 0.3) is 0 Å². The monoisotopic (exact) mass is 523 g/mol. The first-order chi connectivity index (χ1) is 18.5. The van der Waals surface area contributed by atoms with Gasteiger partial charge in [-0.05, 0) is 57.6 Å². The highest BCUT2D eigenvalue weighted by Crippen LogP contribution is 2.37. The molecule has 8 heteroatoms. The van der Waals surface area contributed by atoms with E-state index < -0.39 is 0 Å². The molecule has 3 amide bonds. The smallest absolute Gasteiger partial charge is 0.310 e. The number of likely N-dealkylation sites (tertiary alicyclic amines) is 1. The average Bonchev–Trinajstić information content (AvgIpc) is 3.18. The molecule has 0 aromatic heterocycles. The van der Waals surface area contributed by atoms with Gasteiger partial charge in [-0.1, -0.05) is 38.2 Å². The summed E-state index contributed by atoms with van der Waals surface area (Å²) in [4.78, 5) is 58.1. The van der Waals surface area contributed by atoms with E-state index in [-0.39, 0.29) is 41.6 Å². The van der Waals surface area contributed by atoms with Crippen molar-refractivity contribution >= 4 is 29.4 Å². The summed E-state index contributed by atoms with van der Waals surface area (Å²) in [5.41, 5.74) is 1.88. The topological polar surface area (TPSA) is 87.2 Å². The maximum absolute atomic E-state index is 13.7. The Bertz CT molecular complexity index is 1060. The molecule has 1 aromatic rings. The molecule has 0 unspecified atom stereocenters. The summed E-state index contributed by atoms with van der Waals surface area (Å²) in [6, 6.07) is 5.60. The number of amides is 3. The van der Waals surface area contributed by atoms with Crippen LogP contribution >= 0.6 is 0 Å². The zero-order chi connectivity index (χ0) is 26.6. The molecule has 0 bridgehead atoms. The predicted molar refractivity (Wildman–Crippen MR) is 144 cm³/mol. The summed E-state index contributed by atoms with van der Waals surface area (Å²) in [5.74, 6) is -0.702. The standard InChI is InChI=1S/C30H41N3O5/c1-2-38-30(37)22-10-9-17-32(20-22)27(34)21-15-18-31(19-16-21)25-14-8-13-24-26(25)29(36)33(28(24)35)23-11-6-4-3-5-7-12-23/h8,13-14,21-23H,2-7,9-12,15-20H2,1H3/t22-/m1/s1. The summed E-state index contributed by atoms with van der Waals surface area (Å²) in [7, 11) is 0. The lowest BCUT2D eigenvalue weighted by atomic mass is 9.91. The summed E-state index contributed by atoms with van der Waals surface area (Å²) >= 11 is 0. The lowest BCUT2D eigenvalue weighted by Crippen LogP contribution is -2.47. The molecule has 8 nitrogen and oxygen atoms in total. The van der Waals surface area contributed by atoms with Crippen LogP contribution in [0.3, 0.4) is 0 Å². The number of anilines is 1. The van der Waals surface area contributed by atoms with Gasteiger partial charge in [0.2, 0.25) is 5.91 Å². The van der Waals surface area contributed by atoms with Crippen molar-refractivity contribution in [2.24, 2.45) is 11.8 Å². The summed E-state index contributed by atoms with van der Waals surface area (Å²) in [5, 5.41) is 0. The number of benzene rings is 1. The van der Waals surface area contributed by atoms with Gasteiger partial charge in [-0.25, -0.2) is 0 Å². The van der Waals surface area contributed by atoms with Gasteiger partial charge < -0.3 is 14.5 Å². The molecule has 0 N–H and O–H groups in total. The number of fused-ring (bicyclic) bond motifs is 1. The van der Waals surface area contributed by atoms with Crippen LogP contribution in [0.2, 0.25) is 0 Å². The van der Waals surface area contributed by atoms with Crippen molar-refractivity contribution in [1.29, 1.82) is 0 Å². The molecule has 1 saturated carbocycles. The highest BCUT2D eigenvalue weighted by Gasteiger charge is 2.42. The number of carbonyl (C=O) groups excluding carboxylic acids is 4. The highest BCUT2D eigenvalue weighted by molar-refractivity contribution is 6.24. The molecule has 1 aliphatic carbocycles. The van der Waals surface area contributed by atoms with E-state index in [1.807, 2.05) is 17.0 Å².